The van der Waals surface area contributed by atoms with Crippen LogP contribution in [0.2, 0.25) is 10.0 Å². The highest BCUT2D eigenvalue weighted by Crippen LogP contribution is 2.23. The van der Waals surface area contributed by atoms with Crippen molar-refractivity contribution in [2.24, 2.45) is 0 Å². The molecule has 0 fully saturated rings. The molecule has 1 aromatic carbocycles. The fraction of sp³-hybridized carbons (Fsp3) is 0.214. The van der Waals surface area contributed by atoms with Gasteiger partial charge in [0.05, 0.1) is 10.7 Å². The molecule has 0 unspecified atom stereocenters. The number of benzene rings is 1. The van der Waals surface area contributed by atoms with Crippen LogP contribution < -0.4 is 5.32 Å². The third-order valence-electron chi connectivity index (χ3n) is 2.74. The van der Waals surface area contributed by atoms with E-state index in [9.17, 15) is 4.79 Å². The molecule has 0 saturated carbocycles. The van der Waals surface area contributed by atoms with Crippen molar-refractivity contribution >= 4 is 57.4 Å². The van der Waals surface area contributed by atoms with Crippen molar-refractivity contribution in [2.75, 3.05) is 5.32 Å². The molecule has 0 aliphatic heterocycles. The van der Waals surface area contributed by atoms with Gasteiger partial charge in [-0.2, -0.15) is 0 Å². The maximum Gasteiger partial charge on any atom is 0.272 e. The molecule has 0 saturated heterocycles. The Hall–Kier alpha value is -0.720. The Morgan fingerprint density at radius 2 is 2.05 bits per heavy atom. The first-order chi connectivity index (χ1) is 9.51. The van der Waals surface area contributed by atoms with Crippen LogP contribution in [0.4, 0.5) is 5.69 Å². The maximum absolute atomic E-state index is 12.3. The molecule has 1 heterocycles. The van der Waals surface area contributed by atoms with Gasteiger partial charge in [0.25, 0.3) is 5.91 Å². The second kappa shape index (κ2) is 6.83. The van der Waals surface area contributed by atoms with Gasteiger partial charge in [-0.25, -0.2) is 0 Å². The zero-order valence-electron chi connectivity index (χ0n) is 10.8. The van der Waals surface area contributed by atoms with Gasteiger partial charge < -0.3 is 9.88 Å². The molecule has 1 amide bonds. The Bertz CT molecular complexity index is 640. The van der Waals surface area contributed by atoms with E-state index in [1.165, 1.54) is 0 Å². The number of nitrogens with zero attached hydrogens (tertiary/aromatic N) is 1. The smallest absolute Gasteiger partial charge is 0.272 e. The lowest BCUT2D eigenvalue weighted by atomic mass is 10.3. The summed E-state index contributed by atoms with van der Waals surface area (Å²) in [6, 6.07) is 7.01. The Morgan fingerprint density at radius 1 is 1.30 bits per heavy atom. The number of hydrogen-bond donors (Lipinski definition) is 1. The summed E-state index contributed by atoms with van der Waals surface area (Å²) >= 11 is 14.0. The molecule has 2 aromatic rings. The highest BCUT2D eigenvalue weighted by atomic mass is 127. The van der Waals surface area contributed by atoms with Gasteiger partial charge in [-0.15, -0.1) is 0 Å². The van der Waals surface area contributed by atoms with Crippen LogP contribution in [0.3, 0.4) is 0 Å². The molecular formula is C14H13Cl2IN2O. The highest BCUT2D eigenvalue weighted by molar-refractivity contribution is 14.1. The quantitative estimate of drug-likeness (QED) is 0.686. The van der Waals surface area contributed by atoms with Crippen molar-refractivity contribution in [1.29, 1.82) is 0 Å². The lowest BCUT2D eigenvalue weighted by molar-refractivity contribution is 0.101. The van der Waals surface area contributed by atoms with Crippen molar-refractivity contribution in [2.45, 2.75) is 19.9 Å². The first-order valence-electron chi connectivity index (χ1n) is 6.13. The molecule has 2 rings (SSSR count). The fourth-order valence-electron chi connectivity index (χ4n) is 1.87. The number of nitrogens with one attached hydrogen (secondary N) is 1. The van der Waals surface area contributed by atoms with Crippen molar-refractivity contribution in [3.05, 3.63) is 49.8 Å². The van der Waals surface area contributed by atoms with E-state index < -0.39 is 0 Å². The molecular weight excluding hydrogens is 410 g/mol. The third kappa shape index (κ3) is 3.68. The van der Waals surface area contributed by atoms with Gasteiger partial charge in [-0.1, -0.05) is 30.1 Å². The number of carbonyl (C=O) groups excluding carboxylic acids is 1. The largest absolute Gasteiger partial charge is 0.342 e. The van der Waals surface area contributed by atoms with Gasteiger partial charge >= 0.3 is 0 Å². The molecule has 0 spiro atoms. The van der Waals surface area contributed by atoms with Crippen molar-refractivity contribution in [3.8, 4) is 0 Å². The number of carbonyl (C=O) groups is 1. The Kier molecular flexibility index (Phi) is 5.35. The predicted octanol–water partition coefficient (Wildman–Crippen LogP) is 5.06. The van der Waals surface area contributed by atoms with Crippen molar-refractivity contribution in [3.63, 3.8) is 0 Å². The van der Waals surface area contributed by atoms with Crippen molar-refractivity contribution < 1.29 is 4.79 Å². The second-order valence-corrected chi connectivity index (χ2v) is 6.35. The van der Waals surface area contributed by atoms with E-state index in [4.69, 9.17) is 23.2 Å². The number of halogens is 3. The summed E-state index contributed by atoms with van der Waals surface area (Å²) in [7, 11) is 0. The van der Waals surface area contributed by atoms with Gasteiger partial charge in [-0.3, -0.25) is 4.79 Å². The van der Waals surface area contributed by atoms with Crippen LogP contribution in [0.1, 0.15) is 23.8 Å². The van der Waals surface area contributed by atoms with Gasteiger partial charge in [0.1, 0.15) is 5.69 Å². The summed E-state index contributed by atoms with van der Waals surface area (Å²) in [5, 5.41) is 4.09. The number of aryl methyl sites for hydroxylation is 1. The summed E-state index contributed by atoms with van der Waals surface area (Å²) in [4.78, 5) is 12.3. The van der Waals surface area contributed by atoms with Gasteiger partial charge in [0, 0.05) is 21.3 Å². The molecule has 1 N–H and O–H groups in total. The molecule has 106 valence electrons. The molecule has 0 bridgehead atoms. The molecule has 0 atom stereocenters. The fourth-order valence-corrected chi connectivity index (χ4v) is 3.10. The van der Waals surface area contributed by atoms with Crippen LogP contribution in [0.25, 0.3) is 0 Å². The first kappa shape index (κ1) is 15.7. The molecule has 0 aliphatic rings. The van der Waals surface area contributed by atoms with Crippen LogP contribution in [0.15, 0.2) is 30.5 Å². The standard InChI is InChI=1S/C14H13Cl2IN2O/c1-2-5-19-8-10(16)7-13(19)14(20)18-12-4-3-9(15)6-11(12)17/h3-4,6-8H,2,5H2,1H3,(H,18,20). The van der Waals surface area contributed by atoms with Crippen LogP contribution in [0, 0.1) is 3.57 Å². The van der Waals surface area contributed by atoms with E-state index >= 15 is 0 Å². The van der Waals surface area contributed by atoms with Gasteiger partial charge in [0.15, 0.2) is 0 Å². The highest BCUT2D eigenvalue weighted by Gasteiger charge is 2.14. The Balaban J connectivity index is 2.23. The second-order valence-electron chi connectivity index (χ2n) is 4.32. The van der Waals surface area contributed by atoms with Crippen LogP contribution in [-0.4, -0.2) is 10.5 Å². The zero-order valence-corrected chi connectivity index (χ0v) is 14.5. The van der Waals surface area contributed by atoms with Crippen LogP contribution in [0.5, 0.6) is 0 Å². The normalized spacial score (nSPS) is 10.6. The minimum absolute atomic E-state index is 0.175. The van der Waals surface area contributed by atoms with Gasteiger partial charge in [-0.05, 0) is 53.3 Å². The molecule has 1 aromatic heterocycles. The van der Waals surface area contributed by atoms with E-state index in [0.717, 1.165) is 22.2 Å². The summed E-state index contributed by atoms with van der Waals surface area (Å²) in [5.41, 5.74) is 1.29. The number of anilines is 1. The van der Waals surface area contributed by atoms with E-state index in [2.05, 4.69) is 34.8 Å². The SMILES string of the molecule is CCCn1cc(Cl)cc1C(=O)Nc1ccc(Cl)cc1I. The maximum atomic E-state index is 12.3. The minimum Gasteiger partial charge on any atom is -0.342 e. The van der Waals surface area contributed by atoms with Gasteiger partial charge in [0.2, 0.25) is 0 Å². The number of rotatable bonds is 4. The summed E-state index contributed by atoms with van der Waals surface area (Å²) in [6.07, 6.45) is 2.70. The van der Waals surface area contributed by atoms with Crippen molar-refractivity contribution in [1.82, 2.24) is 4.57 Å². The van der Waals surface area contributed by atoms with Crippen LogP contribution in [-0.2, 0) is 6.54 Å². The number of amides is 1. The summed E-state index contributed by atoms with van der Waals surface area (Å²) < 4.78 is 2.75. The van der Waals surface area contributed by atoms with E-state index in [-0.39, 0.29) is 5.91 Å². The predicted molar refractivity (Wildman–Crippen MR) is 91.9 cm³/mol. The lowest BCUT2D eigenvalue weighted by Crippen LogP contribution is -2.17. The van der Waals surface area contributed by atoms with E-state index in [0.29, 0.717) is 15.7 Å². The molecule has 0 aliphatic carbocycles. The summed E-state index contributed by atoms with van der Waals surface area (Å²) in [5.74, 6) is -0.175. The molecule has 0 radical (unpaired) electrons. The van der Waals surface area contributed by atoms with Crippen LogP contribution >= 0.6 is 45.8 Å². The average Bonchev–Trinajstić information content (AvgIpc) is 2.74. The Labute approximate surface area is 141 Å². The lowest BCUT2D eigenvalue weighted by Gasteiger charge is -2.10. The zero-order chi connectivity index (χ0) is 14.7. The monoisotopic (exact) mass is 422 g/mol. The Morgan fingerprint density at radius 3 is 2.70 bits per heavy atom. The molecule has 20 heavy (non-hydrogen) atoms. The minimum atomic E-state index is -0.175. The first-order valence-corrected chi connectivity index (χ1v) is 7.96. The summed E-state index contributed by atoms with van der Waals surface area (Å²) in [6.45, 7) is 2.81. The number of aromatic nitrogens is 1. The van der Waals surface area contributed by atoms with E-state index in [1.54, 1.807) is 30.5 Å². The topological polar surface area (TPSA) is 34.0 Å². The number of hydrogen-bond acceptors (Lipinski definition) is 1. The molecule has 6 heteroatoms. The average molecular weight is 423 g/mol. The third-order valence-corrected chi connectivity index (χ3v) is 4.07. The van der Waals surface area contributed by atoms with E-state index in [1.807, 2.05) is 4.57 Å². The molecule has 3 nitrogen and oxygen atoms in total.